The van der Waals surface area contributed by atoms with Gasteiger partial charge in [0.2, 0.25) is 0 Å². The summed E-state index contributed by atoms with van der Waals surface area (Å²) in [5, 5.41) is 25.4. The summed E-state index contributed by atoms with van der Waals surface area (Å²) < 4.78 is 0. The number of rotatable bonds is 5. The summed E-state index contributed by atoms with van der Waals surface area (Å²) in [6.07, 6.45) is 1.58. The molecule has 7 nitrogen and oxygen atoms in total. The first-order valence-corrected chi connectivity index (χ1v) is 6.29. The molecule has 0 saturated heterocycles. The largest absolute Gasteiger partial charge is 0.342 e. The maximum Gasteiger partial charge on any atom is 0.251 e. The molecule has 2 rings (SSSR count). The van der Waals surface area contributed by atoms with Gasteiger partial charge in [0, 0.05) is 5.56 Å². The molecule has 0 aliphatic carbocycles. The van der Waals surface area contributed by atoms with Crippen LogP contribution in [0.25, 0.3) is 0 Å². The van der Waals surface area contributed by atoms with Gasteiger partial charge in [-0.05, 0) is 24.6 Å². The van der Waals surface area contributed by atoms with Gasteiger partial charge >= 0.3 is 0 Å². The Morgan fingerprint density at radius 2 is 2.40 bits per heavy atom. The van der Waals surface area contributed by atoms with Crippen LogP contribution < -0.4 is 5.32 Å². The molecule has 0 bridgehead atoms. The molecule has 20 heavy (non-hydrogen) atoms. The summed E-state index contributed by atoms with van der Waals surface area (Å²) in [5.41, 5.74) is 0.887. The number of carbonyl (C=O) groups excluding carboxylic acids is 1. The lowest BCUT2D eigenvalue weighted by molar-refractivity contribution is 0.0932. The van der Waals surface area contributed by atoms with Gasteiger partial charge in [0.15, 0.2) is 5.82 Å². The number of nitrogens with one attached hydrogen (secondary N) is 2. The molecule has 1 amide bonds. The van der Waals surface area contributed by atoms with Gasteiger partial charge in [0.1, 0.15) is 0 Å². The number of nitrogens with zero attached hydrogens (tertiary/aromatic N) is 4. The number of nitriles is 1. The zero-order valence-electron chi connectivity index (χ0n) is 11.0. The van der Waals surface area contributed by atoms with Crippen molar-refractivity contribution >= 4 is 5.91 Å². The number of tetrazole rings is 1. The van der Waals surface area contributed by atoms with Gasteiger partial charge in [-0.15, -0.1) is 10.2 Å². The number of aromatic nitrogens is 4. The summed E-state index contributed by atoms with van der Waals surface area (Å²) in [6, 6.07) is 8.26. The zero-order chi connectivity index (χ0) is 14.4. The highest BCUT2D eigenvalue weighted by molar-refractivity contribution is 5.94. The van der Waals surface area contributed by atoms with Gasteiger partial charge in [-0.1, -0.05) is 24.6 Å². The highest BCUT2D eigenvalue weighted by Crippen LogP contribution is 2.14. The van der Waals surface area contributed by atoms with Gasteiger partial charge < -0.3 is 5.32 Å². The van der Waals surface area contributed by atoms with Gasteiger partial charge in [0.05, 0.1) is 17.7 Å². The van der Waals surface area contributed by atoms with Crippen molar-refractivity contribution < 1.29 is 4.79 Å². The lowest BCUT2D eigenvalue weighted by atomic mass is 10.1. The van der Waals surface area contributed by atoms with E-state index in [9.17, 15) is 4.79 Å². The molecule has 0 aliphatic rings. The van der Waals surface area contributed by atoms with Crippen LogP contribution in [-0.4, -0.2) is 26.5 Å². The molecule has 2 N–H and O–H groups in total. The standard InChI is InChI=1S/C13H14N6O/c1-2-4-11(12-16-18-19-17-12)15-13(20)10-6-3-5-9(7-10)8-14/h3,5-7,11H,2,4H2,1H3,(H,15,20)(H,16,17,18,19)/t11-/m0/s1. The van der Waals surface area contributed by atoms with Gasteiger partial charge in [-0.25, -0.2) is 0 Å². The second-order valence-corrected chi connectivity index (χ2v) is 4.28. The van der Waals surface area contributed by atoms with Crippen LogP contribution in [0.4, 0.5) is 0 Å². The molecular formula is C13H14N6O. The molecule has 0 spiro atoms. The Labute approximate surface area is 116 Å². The Morgan fingerprint density at radius 1 is 1.55 bits per heavy atom. The normalized spacial score (nSPS) is 11.6. The Balaban J connectivity index is 2.14. The minimum Gasteiger partial charge on any atom is -0.342 e. The number of aromatic amines is 1. The number of carbonyl (C=O) groups is 1. The predicted molar refractivity (Wildman–Crippen MR) is 70.4 cm³/mol. The van der Waals surface area contributed by atoms with Crippen molar-refractivity contribution in [2.45, 2.75) is 25.8 Å². The van der Waals surface area contributed by atoms with Crippen molar-refractivity contribution in [2.24, 2.45) is 0 Å². The Hall–Kier alpha value is -2.75. The molecule has 1 aromatic heterocycles. The van der Waals surface area contributed by atoms with E-state index >= 15 is 0 Å². The first-order valence-electron chi connectivity index (χ1n) is 6.29. The summed E-state index contributed by atoms with van der Waals surface area (Å²) in [5.74, 6) is 0.196. The first kappa shape index (κ1) is 13.7. The Kier molecular flexibility index (Phi) is 4.39. The fourth-order valence-electron chi connectivity index (χ4n) is 1.84. The average molecular weight is 270 g/mol. The second-order valence-electron chi connectivity index (χ2n) is 4.28. The van der Waals surface area contributed by atoms with Crippen molar-refractivity contribution in [3.63, 3.8) is 0 Å². The summed E-state index contributed by atoms with van der Waals surface area (Å²) in [7, 11) is 0. The molecule has 1 aromatic carbocycles. The fraction of sp³-hybridized carbons (Fsp3) is 0.308. The first-order chi connectivity index (χ1) is 9.74. The molecule has 0 aliphatic heterocycles. The van der Waals surface area contributed by atoms with Crippen LogP contribution in [-0.2, 0) is 0 Å². The highest BCUT2D eigenvalue weighted by atomic mass is 16.1. The average Bonchev–Trinajstić information content (AvgIpc) is 3.01. The van der Waals surface area contributed by atoms with E-state index in [1.807, 2.05) is 13.0 Å². The highest BCUT2D eigenvalue weighted by Gasteiger charge is 2.18. The van der Waals surface area contributed by atoms with Crippen LogP contribution in [0.5, 0.6) is 0 Å². The quantitative estimate of drug-likeness (QED) is 0.852. The van der Waals surface area contributed by atoms with E-state index in [2.05, 4.69) is 25.9 Å². The number of hydrogen-bond donors (Lipinski definition) is 2. The smallest absolute Gasteiger partial charge is 0.251 e. The third-order valence-corrected chi connectivity index (χ3v) is 2.81. The number of hydrogen-bond acceptors (Lipinski definition) is 5. The molecule has 1 atom stereocenters. The predicted octanol–water partition coefficient (Wildman–Crippen LogP) is 1.34. The van der Waals surface area contributed by atoms with Crippen LogP contribution in [0.2, 0.25) is 0 Å². The Morgan fingerprint density at radius 3 is 3.05 bits per heavy atom. The molecule has 0 unspecified atom stereocenters. The lowest BCUT2D eigenvalue weighted by Gasteiger charge is -2.14. The van der Waals surface area contributed by atoms with E-state index < -0.39 is 0 Å². The van der Waals surface area contributed by atoms with Gasteiger partial charge in [-0.2, -0.15) is 10.5 Å². The number of amides is 1. The fourth-order valence-corrected chi connectivity index (χ4v) is 1.84. The van der Waals surface area contributed by atoms with Gasteiger partial charge in [-0.3, -0.25) is 4.79 Å². The molecule has 2 aromatic rings. The van der Waals surface area contributed by atoms with E-state index in [-0.39, 0.29) is 11.9 Å². The zero-order valence-corrected chi connectivity index (χ0v) is 11.0. The third kappa shape index (κ3) is 3.17. The number of benzene rings is 1. The van der Waals surface area contributed by atoms with E-state index in [4.69, 9.17) is 5.26 Å². The third-order valence-electron chi connectivity index (χ3n) is 2.81. The van der Waals surface area contributed by atoms with Crippen LogP contribution in [0.1, 0.15) is 47.6 Å². The van der Waals surface area contributed by atoms with Crippen LogP contribution in [0, 0.1) is 11.3 Å². The molecular weight excluding hydrogens is 256 g/mol. The van der Waals surface area contributed by atoms with Crippen LogP contribution in [0.15, 0.2) is 24.3 Å². The molecule has 102 valence electrons. The minimum atomic E-state index is -0.294. The van der Waals surface area contributed by atoms with E-state index in [0.717, 1.165) is 6.42 Å². The molecule has 7 heteroatoms. The summed E-state index contributed by atoms with van der Waals surface area (Å²) >= 11 is 0. The molecule has 1 heterocycles. The van der Waals surface area contributed by atoms with Crippen molar-refractivity contribution in [2.75, 3.05) is 0 Å². The number of H-pyrrole nitrogens is 1. The van der Waals surface area contributed by atoms with Crippen molar-refractivity contribution in [3.8, 4) is 6.07 Å². The maximum absolute atomic E-state index is 12.2. The maximum atomic E-state index is 12.2. The molecule has 0 fully saturated rings. The SMILES string of the molecule is CCC[C@H](NC(=O)c1cccc(C#N)c1)c1nn[nH]n1. The van der Waals surface area contributed by atoms with Gasteiger partial charge in [0.25, 0.3) is 5.91 Å². The van der Waals surface area contributed by atoms with Crippen molar-refractivity contribution in [3.05, 3.63) is 41.2 Å². The Bertz CT molecular complexity index is 616. The topological polar surface area (TPSA) is 107 Å². The molecule has 0 radical (unpaired) electrons. The van der Waals surface area contributed by atoms with Crippen LogP contribution in [0.3, 0.4) is 0 Å². The van der Waals surface area contributed by atoms with E-state index in [1.54, 1.807) is 24.3 Å². The minimum absolute atomic E-state index is 0.259. The second kappa shape index (κ2) is 6.43. The van der Waals surface area contributed by atoms with E-state index in [0.29, 0.717) is 23.4 Å². The summed E-state index contributed by atoms with van der Waals surface area (Å²) in [4.78, 5) is 12.2. The lowest BCUT2D eigenvalue weighted by Crippen LogP contribution is -2.29. The van der Waals surface area contributed by atoms with Crippen molar-refractivity contribution in [1.29, 1.82) is 5.26 Å². The van der Waals surface area contributed by atoms with Crippen LogP contribution >= 0.6 is 0 Å². The van der Waals surface area contributed by atoms with Crippen molar-refractivity contribution in [1.82, 2.24) is 25.9 Å². The van der Waals surface area contributed by atoms with E-state index in [1.165, 1.54) is 0 Å². The summed E-state index contributed by atoms with van der Waals surface area (Å²) in [6.45, 7) is 2.01. The molecule has 0 saturated carbocycles. The monoisotopic (exact) mass is 270 g/mol.